The van der Waals surface area contributed by atoms with Gasteiger partial charge in [0, 0.05) is 47.2 Å². The quantitative estimate of drug-likeness (QED) is 0.259. The highest BCUT2D eigenvalue weighted by atomic mass is 19.4. The lowest BCUT2D eigenvalue weighted by molar-refractivity contribution is -0.137. The van der Waals surface area contributed by atoms with Crippen LogP contribution in [0.2, 0.25) is 0 Å². The molecule has 1 aliphatic heterocycles. The molecule has 3 aromatic heterocycles. The highest BCUT2D eigenvalue weighted by Crippen LogP contribution is 2.28. The number of nitrogens with one attached hydrogen (secondary N) is 1. The number of H-pyrrole nitrogens is 1. The summed E-state index contributed by atoms with van der Waals surface area (Å²) in [6.07, 6.45) is 0.492. The van der Waals surface area contributed by atoms with E-state index in [0.29, 0.717) is 11.2 Å². The molecule has 0 bridgehead atoms. The number of rotatable bonds is 3. The Labute approximate surface area is 235 Å². The van der Waals surface area contributed by atoms with Crippen molar-refractivity contribution in [2.75, 3.05) is 13.1 Å². The number of likely N-dealkylation sites (tertiary alicyclic amines) is 1. The average Bonchev–Trinajstić information content (AvgIpc) is 3.57. The van der Waals surface area contributed by atoms with Crippen molar-refractivity contribution in [3.63, 3.8) is 0 Å². The Balaban J connectivity index is 0.000000225. The summed E-state index contributed by atoms with van der Waals surface area (Å²) in [5.41, 5.74) is 3.36. The molecule has 0 spiro atoms. The van der Waals surface area contributed by atoms with E-state index in [1.54, 1.807) is 18.5 Å². The normalized spacial score (nSPS) is 14.9. The number of alkyl halides is 3. The number of carbonyl (C=O) groups excluding carboxylic acids is 1. The van der Waals surface area contributed by atoms with Crippen molar-refractivity contribution in [1.82, 2.24) is 25.1 Å². The fraction of sp³-hybridized carbons (Fsp3) is 0.419. The molecule has 1 atom stereocenters. The van der Waals surface area contributed by atoms with Crippen LogP contribution in [0.3, 0.4) is 0 Å². The minimum Gasteiger partial charge on any atom is -0.301 e. The first-order chi connectivity index (χ1) is 19.0. The molecule has 4 heterocycles. The zero-order chi connectivity index (χ0) is 29.9. The van der Waals surface area contributed by atoms with E-state index in [-0.39, 0.29) is 5.78 Å². The molecule has 9 heteroatoms. The number of nitrogens with zero attached hydrogens (tertiary/aromatic N) is 4. The van der Waals surface area contributed by atoms with E-state index >= 15 is 0 Å². The number of pyridine rings is 2. The van der Waals surface area contributed by atoms with Crippen LogP contribution in [0.1, 0.15) is 69.6 Å². The van der Waals surface area contributed by atoms with E-state index in [0.717, 1.165) is 46.4 Å². The van der Waals surface area contributed by atoms with Crippen LogP contribution in [0.4, 0.5) is 13.2 Å². The third kappa shape index (κ3) is 9.55. The van der Waals surface area contributed by atoms with Gasteiger partial charge in [0.15, 0.2) is 11.4 Å². The topological polar surface area (TPSA) is 74.8 Å². The van der Waals surface area contributed by atoms with E-state index in [1.165, 1.54) is 38.6 Å². The predicted molar refractivity (Wildman–Crippen MR) is 155 cm³/mol. The van der Waals surface area contributed by atoms with Crippen molar-refractivity contribution < 1.29 is 18.0 Å². The van der Waals surface area contributed by atoms with Crippen LogP contribution in [-0.2, 0) is 6.18 Å². The summed E-state index contributed by atoms with van der Waals surface area (Å²) in [7, 11) is 0. The molecular formula is C31H40F3N5O. The molecule has 216 valence electrons. The number of benzene rings is 1. The molecule has 0 amide bonds. The van der Waals surface area contributed by atoms with Crippen LogP contribution in [0.5, 0.6) is 0 Å². The lowest BCUT2D eigenvalue weighted by Crippen LogP contribution is -2.27. The molecule has 0 saturated carbocycles. The van der Waals surface area contributed by atoms with E-state index in [2.05, 4.69) is 45.8 Å². The summed E-state index contributed by atoms with van der Waals surface area (Å²) >= 11 is 0. The van der Waals surface area contributed by atoms with Gasteiger partial charge in [-0.1, -0.05) is 51.1 Å². The Kier molecular flexibility index (Phi) is 12.4. The number of ketones is 1. The van der Waals surface area contributed by atoms with Gasteiger partial charge in [-0.25, -0.2) is 4.98 Å². The van der Waals surface area contributed by atoms with Gasteiger partial charge in [0.2, 0.25) is 0 Å². The van der Waals surface area contributed by atoms with Gasteiger partial charge < -0.3 is 4.90 Å². The fourth-order valence-electron chi connectivity index (χ4n) is 4.08. The molecule has 6 nitrogen and oxygen atoms in total. The van der Waals surface area contributed by atoms with Gasteiger partial charge in [-0.3, -0.25) is 14.9 Å². The fourth-order valence-corrected chi connectivity index (χ4v) is 4.08. The molecule has 0 radical (unpaired) electrons. The Morgan fingerprint density at radius 1 is 1.07 bits per heavy atom. The monoisotopic (exact) mass is 555 g/mol. The van der Waals surface area contributed by atoms with Gasteiger partial charge >= 0.3 is 6.18 Å². The van der Waals surface area contributed by atoms with Crippen LogP contribution in [0, 0.1) is 12.8 Å². The summed E-state index contributed by atoms with van der Waals surface area (Å²) in [5, 5.41) is 7.97. The molecule has 4 aromatic rings. The molecule has 1 unspecified atom stereocenters. The third-order valence-corrected chi connectivity index (χ3v) is 6.29. The van der Waals surface area contributed by atoms with Crippen molar-refractivity contribution in [3.05, 3.63) is 77.7 Å². The van der Waals surface area contributed by atoms with Gasteiger partial charge in [0.1, 0.15) is 0 Å². The molecule has 1 N–H and O–H groups in total. The molecular weight excluding hydrogens is 515 g/mol. The lowest BCUT2D eigenvalue weighted by Gasteiger charge is -2.19. The van der Waals surface area contributed by atoms with E-state index in [9.17, 15) is 18.0 Å². The highest BCUT2D eigenvalue weighted by Gasteiger charge is 2.29. The van der Waals surface area contributed by atoms with Crippen molar-refractivity contribution in [2.24, 2.45) is 5.92 Å². The highest BCUT2D eigenvalue weighted by molar-refractivity contribution is 5.99. The van der Waals surface area contributed by atoms with Crippen molar-refractivity contribution in [2.45, 2.75) is 67.1 Å². The van der Waals surface area contributed by atoms with Gasteiger partial charge in [0.25, 0.3) is 0 Å². The van der Waals surface area contributed by atoms with E-state index in [1.807, 2.05) is 39.0 Å². The second-order valence-electron chi connectivity index (χ2n) is 9.78. The average molecular weight is 556 g/mol. The number of hydrogen-bond donors (Lipinski definition) is 1. The zero-order valence-corrected chi connectivity index (χ0v) is 24.4. The van der Waals surface area contributed by atoms with Crippen LogP contribution in [0.15, 0.2) is 60.9 Å². The second-order valence-corrected chi connectivity index (χ2v) is 9.78. The lowest BCUT2D eigenvalue weighted by atomic mass is 10.1. The van der Waals surface area contributed by atoms with Crippen LogP contribution >= 0.6 is 0 Å². The maximum atomic E-state index is 11.8. The maximum Gasteiger partial charge on any atom is 0.416 e. The Bertz CT molecular complexity index is 1340. The second kappa shape index (κ2) is 15.3. The number of halogens is 3. The summed E-state index contributed by atoms with van der Waals surface area (Å²) in [6, 6.07) is 12.8. The number of aromatic nitrogens is 4. The molecule has 1 aliphatic rings. The van der Waals surface area contributed by atoms with Crippen molar-refractivity contribution >= 4 is 16.8 Å². The van der Waals surface area contributed by atoms with Crippen molar-refractivity contribution in [1.29, 1.82) is 0 Å². The summed E-state index contributed by atoms with van der Waals surface area (Å²) in [6.45, 7) is 17.0. The summed E-state index contributed by atoms with van der Waals surface area (Å²) in [5.74, 6) is 0.930. The summed E-state index contributed by atoms with van der Waals surface area (Å²) in [4.78, 5) is 22.3. The Morgan fingerprint density at radius 3 is 2.23 bits per heavy atom. The number of aromatic amines is 1. The number of hydrogen-bond acceptors (Lipinski definition) is 5. The zero-order valence-electron chi connectivity index (χ0n) is 24.4. The van der Waals surface area contributed by atoms with Gasteiger partial charge in [-0.2, -0.15) is 18.3 Å². The van der Waals surface area contributed by atoms with Gasteiger partial charge in [-0.15, -0.1) is 0 Å². The molecule has 1 saturated heterocycles. The molecule has 40 heavy (non-hydrogen) atoms. The van der Waals surface area contributed by atoms with Crippen molar-refractivity contribution in [3.8, 4) is 11.3 Å². The van der Waals surface area contributed by atoms with E-state index < -0.39 is 11.7 Å². The molecule has 1 fully saturated rings. The number of fused-ring (bicyclic) bond motifs is 1. The Hall–Kier alpha value is -3.59. The third-order valence-electron chi connectivity index (χ3n) is 6.29. The maximum absolute atomic E-state index is 11.8. The Morgan fingerprint density at radius 2 is 1.75 bits per heavy atom. The first-order valence-electron chi connectivity index (χ1n) is 13.6. The van der Waals surface area contributed by atoms with Gasteiger partial charge in [-0.05, 0) is 64.8 Å². The first-order valence-corrected chi connectivity index (χ1v) is 13.6. The predicted octanol–water partition coefficient (Wildman–Crippen LogP) is 8.00. The molecule has 1 aromatic carbocycles. The minimum atomic E-state index is -4.21. The largest absolute Gasteiger partial charge is 0.416 e. The smallest absolute Gasteiger partial charge is 0.301 e. The standard InChI is InChI=1S/C14H12N4O.C8H17N.C7H5F3.C2H6/c1-8-5-10(3-4-15-8)13-12-6-11(9(2)19)7-16-14(12)18-17-13;1-7(2)9-5-4-8(3)6-9;8-7(9,10)6-4-2-1-3-5-6;1-2/h3-7H,1-2H3,(H,16,17,18);7-8H,4-6H2,1-3H3;1-5H;1-2H3. The number of aryl methyl sites for hydroxylation is 1. The van der Waals surface area contributed by atoms with Crippen LogP contribution in [-0.4, -0.2) is 50.0 Å². The van der Waals surface area contributed by atoms with Crippen LogP contribution in [0.25, 0.3) is 22.3 Å². The number of Topliss-reactive ketones (excluding diaryl/α,β-unsaturated/α-hetero) is 1. The van der Waals surface area contributed by atoms with Gasteiger partial charge in [0.05, 0.1) is 11.3 Å². The van der Waals surface area contributed by atoms with E-state index in [4.69, 9.17) is 0 Å². The molecule has 0 aliphatic carbocycles. The van der Waals surface area contributed by atoms with Crippen LogP contribution < -0.4 is 0 Å². The minimum absolute atomic E-state index is 0.00698. The first kappa shape index (κ1) is 32.6. The molecule has 5 rings (SSSR count). The number of carbonyl (C=O) groups is 1. The summed E-state index contributed by atoms with van der Waals surface area (Å²) < 4.78 is 35.4. The SMILES string of the molecule is CC.CC(=O)c1cnc2n[nH]c(-c3ccnc(C)c3)c2c1.CC1CCN(C(C)C)C1.FC(F)(F)c1ccccc1.